The van der Waals surface area contributed by atoms with E-state index in [1.807, 2.05) is 0 Å². The Kier molecular flexibility index (Phi) is 14.6. The summed E-state index contributed by atoms with van der Waals surface area (Å²) in [7, 11) is 0. The van der Waals surface area contributed by atoms with E-state index in [0.29, 0.717) is 11.4 Å². The lowest BCUT2D eigenvalue weighted by Gasteiger charge is -2.09. The Labute approximate surface area is 203 Å². The molecule has 0 aromatic heterocycles. The van der Waals surface area contributed by atoms with Gasteiger partial charge in [-0.3, -0.25) is 0 Å². The van der Waals surface area contributed by atoms with E-state index in [-0.39, 0.29) is 32.8 Å². The van der Waals surface area contributed by atoms with Crippen LogP contribution in [0.4, 0.5) is 0 Å². The minimum Gasteiger partial charge on any atom is -0.480 e. The Hall–Kier alpha value is -4.10. The first-order valence-electron chi connectivity index (χ1n) is 10.7. The lowest BCUT2D eigenvalue weighted by atomic mass is 10.2. The van der Waals surface area contributed by atoms with Crippen LogP contribution in [-0.4, -0.2) is 71.7 Å². The topological polar surface area (TPSA) is 213 Å². The maximum Gasteiger partial charge on any atom is 0.349 e. The third-order valence-corrected chi connectivity index (χ3v) is 3.63. The summed E-state index contributed by atoms with van der Waals surface area (Å²) in [6.07, 6.45) is 0.152. The Morgan fingerprint density at radius 3 is 1.23 bits per heavy atom. The highest BCUT2D eigenvalue weighted by atomic mass is 16.6. The highest BCUT2D eigenvalue weighted by molar-refractivity contribution is 6.19. The standard InChI is InChI=1S/C21H34N6O8/c1-7-32-18(28)14(19(29)33-8-2)16(22)26-24-12(5)11-13(6)25-27-17(23)15(20(30)34-9-3)21(31)35-10-4/h28,30H,7-11H2,1-6H3,(H2,22,26)(H2,23,27)/b18-14?,20-15?,24-12+,25-13+. The second-order valence-corrected chi connectivity index (χ2v) is 6.49. The first-order valence-corrected chi connectivity index (χ1v) is 10.7. The SMILES string of the molecule is CCOC(=O)C(C(N)=N/N=C(\C)C/C(C)=N/N=C(N)C(C(=O)OCC)=C(O)OCC)=C(O)OCC. The minimum absolute atomic E-state index is 0.0477. The van der Waals surface area contributed by atoms with Crippen LogP contribution in [0.25, 0.3) is 0 Å². The Morgan fingerprint density at radius 1 is 0.629 bits per heavy atom. The second-order valence-electron chi connectivity index (χ2n) is 6.49. The van der Waals surface area contributed by atoms with Gasteiger partial charge >= 0.3 is 11.9 Å². The van der Waals surface area contributed by atoms with Crippen molar-refractivity contribution in [2.24, 2.45) is 31.9 Å². The lowest BCUT2D eigenvalue weighted by molar-refractivity contribution is -0.139. The van der Waals surface area contributed by atoms with Gasteiger partial charge in [0.2, 0.25) is 0 Å². The molecular weight excluding hydrogens is 464 g/mol. The van der Waals surface area contributed by atoms with Crippen molar-refractivity contribution in [2.45, 2.75) is 48.0 Å². The third kappa shape index (κ3) is 11.0. The molecule has 0 spiro atoms. The van der Waals surface area contributed by atoms with Gasteiger partial charge in [-0.15, -0.1) is 10.2 Å². The van der Waals surface area contributed by atoms with Gasteiger partial charge in [-0.05, 0) is 41.5 Å². The highest BCUT2D eigenvalue weighted by Gasteiger charge is 2.24. The number of esters is 2. The van der Waals surface area contributed by atoms with Crippen molar-refractivity contribution in [2.75, 3.05) is 26.4 Å². The van der Waals surface area contributed by atoms with Gasteiger partial charge in [0, 0.05) is 17.8 Å². The smallest absolute Gasteiger partial charge is 0.349 e. The number of hydrogen-bond acceptors (Lipinski definition) is 12. The van der Waals surface area contributed by atoms with Crippen molar-refractivity contribution >= 4 is 35.0 Å². The Bertz CT molecular complexity index is 860. The van der Waals surface area contributed by atoms with Crippen LogP contribution in [0.1, 0.15) is 48.0 Å². The molecule has 0 unspecified atom stereocenters. The molecule has 0 aliphatic heterocycles. The fraction of sp³-hybridized carbons (Fsp3) is 0.524. The van der Waals surface area contributed by atoms with Gasteiger partial charge in [-0.25, -0.2) is 9.59 Å². The molecule has 0 fully saturated rings. The molecule has 0 atom stereocenters. The maximum atomic E-state index is 12.1. The van der Waals surface area contributed by atoms with E-state index in [9.17, 15) is 19.8 Å². The average Bonchev–Trinajstić information content (AvgIpc) is 2.77. The maximum absolute atomic E-state index is 12.1. The molecule has 6 N–H and O–H groups in total. The van der Waals surface area contributed by atoms with E-state index < -0.39 is 46.6 Å². The Balaban J connectivity index is 5.77. The average molecular weight is 499 g/mol. The molecule has 14 nitrogen and oxygen atoms in total. The number of aliphatic hydroxyl groups is 2. The van der Waals surface area contributed by atoms with E-state index in [1.54, 1.807) is 41.5 Å². The fourth-order valence-corrected chi connectivity index (χ4v) is 2.25. The first kappa shape index (κ1) is 30.9. The molecular formula is C21H34N6O8. The van der Waals surface area contributed by atoms with Gasteiger partial charge in [0.1, 0.15) is 0 Å². The molecule has 0 rings (SSSR count). The molecule has 0 aromatic rings. The van der Waals surface area contributed by atoms with Crippen LogP contribution in [0.5, 0.6) is 0 Å². The molecule has 35 heavy (non-hydrogen) atoms. The van der Waals surface area contributed by atoms with Crippen LogP contribution in [-0.2, 0) is 28.5 Å². The fourth-order valence-electron chi connectivity index (χ4n) is 2.25. The van der Waals surface area contributed by atoms with Crippen molar-refractivity contribution < 1.29 is 38.7 Å². The third-order valence-electron chi connectivity index (χ3n) is 3.63. The summed E-state index contributed by atoms with van der Waals surface area (Å²) >= 11 is 0. The van der Waals surface area contributed by atoms with Gasteiger partial charge in [0.15, 0.2) is 22.8 Å². The van der Waals surface area contributed by atoms with E-state index in [2.05, 4.69) is 20.4 Å². The monoisotopic (exact) mass is 498 g/mol. The van der Waals surface area contributed by atoms with Crippen LogP contribution < -0.4 is 11.5 Å². The van der Waals surface area contributed by atoms with Crippen LogP contribution in [0.15, 0.2) is 43.4 Å². The predicted octanol–water partition coefficient (Wildman–Crippen LogP) is 1.58. The van der Waals surface area contributed by atoms with Gasteiger partial charge < -0.3 is 40.6 Å². The van der Waals surface area contributed by atoms with E-state index in [0.717, 1.165) is 0 Å². The van der Waals surface area contributed by atoms with E-state index in [1.165, 1.54) is 0 Å². The highest BCUT2D eigenvalue weighted by Crippen LogP contribution is 2.09. The number of amidine groups is 2. The number of hydrogen-bond donors (Lipinski definition) is 4. The van der Waals surface area contributed by atoms with Crippen molar-refractivity contribution in [3.05, 3.63) is 23.0 Å². The summed E-state index contributed by atoms with van der Waals surface area (Å²) in [6, 6.07) is 0. The molecule has 0 saturated heterocycles. The zero-order valence-corrected chi connectivity index (χ0v) is 20.8. The number of carbonyl (C=O) groups is 2. The summed E-state index contributed by atoms with van der Waals surface area (Å²) in [5, 5.41) is 35.2. The molecule has 0 bridgehead atoms. The second kappa shape index (κ2) is 16.5. The van der Waals surface area contributed by atoms with Gasteiger partial charge in [-0.1, -0.05) is 0 Å². The first-order chi connectivity index (χ1) is 16.5. The van der Waals surface area contributed by atoms with E-state index in [4.69, 9.17) is 30.4 Å². The number of nitrogens with zero attached hydrogens (tertiary/aromatic N) is 4. The van der Waals surface area contributed by atoms with E-state index >= 15 is 0 Å². The molecule has 0 aliphatic rings. The zero-order valence-electron chi connectivity index (χ0n) is 20.8. The molecule has 14 heteroatoms. The summed E-state index contributed by atoms with van der Waals surface area (Å²) in [5.74, 6) is -4.14. The molecule has 196 valence electrons. The quantitative estimate of drug-likeness (QED) is 0.0677. The molecule has 0 heterocycles. The molecule has 0 aromatic carbocycles. The van der Waals surface area contributed by atoms with Gasteiger partial charge in [-0.2, -0.15) is 10.2 Å². The predicted molar refractivity (Wildman–Crippen MR) is 130 cm³/mol. The van der Waals surface area contributed by atoms with Crippen LogP contribution in [0.3, 0.4) is 0 Å². The van der Waals surface area contributed by atoms with Gasteiger partial charge in [0.05, 0.1) is 26.4 Å². The zero-order chi connectivity index (χ0) is 27.0. The minimum atomic E-state index is -0.920. The van der Waals surface area contributed by atoms with Crippen molar-refractivity contribution in [3.63, 3.8) is 0 Å². The summed E-state index contributed by atoms with van der Waals surface area (Å²) in [5.41, 5.74) is 11.5. The van der Waals surface area contributed by atoms with Crippen LogP contribution in [0.2, 0.25) is 0 Å². The van der Waals surface area contributed by atoms with Crippen LogP contribution in [0, 0.1) is 0 Å². The lowest BCUT2D eigenvalue weighted by Crippen LogP contribution is -2.25. The van der Waals surface area contributed by atoms with Gasteiger partial charge in [0.25, 0.3) is 11.9 Å². The number of ether oxygens (including phenoxy) is 4. The van der Waals surface area contributed by atoms with Crippen LogP contribution >= 0.6 is 0 Å². The number of nitrogens with two attached hydrogens (primary N) is 2. The Morgan fingerprint density at radius 2 is 0.943 bits per heavy atom. The molecule has 0 saturated carbocycles. The summed E-state index contributed by atoms with van der Waals surface area (Å²) in [4.78, 5) is 24.1. The largest absolute Gasteiger partial charge is 0.480 e. The van der Waals surface area contributed by atoms with Crippen molar-refractivity contribution in [3.8, 4) is 0 Å². The molecule has 0 radical (unpaired) electrons. The summed E-state index contributed by atoms with van der Waals surface area (Å²) < 4.78 is 19.5. The number of aliphatic hydroxyl groups excluding tert-OH is 2. The normalized spacial score (nSPS) is 14.6. The molecule has 0 amide bonds. The molecule has 0 aliphatic carbocycles. The number of rotatable bonds is 14. The number of carbonyl (C=O) groups excluding carboxylic acids is 2. The summed E-state index contributed by atoms with van der Waals surface area (Å²) in [6.45, 7) is 9.85. The van der Waals surface area contributed by atoms with Crippen molar-refractivity contribution in [1.82, 2.24) is 0 Å². The van der Waals surface area contributed by atoms with Crippen molar-refractivity contribution in [1.29, 1.82) is 0 Å².